The molecular weight excluding hydrogens is 222 g/mol. The maximum absolute atomic E-state index is 11.7. The normalized spacial score (nSPS) is 9.53. The van der Waals surface area contributed by atoms with Crippen LogP contribution in [-0.4, -0.2) is 33.0 Å². The van der Waals surface area contributed by atoms with Gasteiger partial charge >= 0.3 is 0 Å². The SMILES string of the molecule is COc1cc(OC)cc(C(=O)NCCC=O)c1. The van der Waals surface area contributed by atoms with E-state index in [-0.39, 0.29) is 5.91 Å². The molecule has 1 amide bonds. The quantitative estimate of drug-likeness (QED) is 0.592. The third kappa shape index (κ3) is 3.79. The number of hydrogen-bond acceptors (Lipinski definition) is 4. The molecule has 5 heteroatoms. The van der Waals surface area contributed by atoms with Crippen LogP contribution < -0.4 is 14.8 Å². The number of amides is 1. The standard InChI is InChI=1S/C12H15NO4/c1-16-10-6-9(7-11(8-10)17-2)12(15)13-4-3-5-14/h5-8H,3-4H2,1-2H3,(H,13,15). The highest BCUT2D eigenvalue weighted by atomic mass is 16.5. The summed E-state index contributed by atoms with van der Waals surface area (Å²) in [6, 6.07) is 4.90. The molecule has 0 aliphatic carbocycles. The van der Waals surface area contributed by atoms with Crippen LogP contribution in [0.3, 0.4) is 0 Å². The summed E-state index contributed by atoms with van der Waals surface area (Å²) in [5.74, 6) is 0.832. The van der Waals surface area contributed by atoms with Gasteiger partial charge < -0.3 is 19.6 Å². The minimum Gasteiger partial charge on any atom is -0.497 e. The Kier molecular flexibility index (Phi) is 5.00. The zero-order valence-electron chi connectivity index (χ0n) is 9.86. The number of rotatable bonds is 6. The van der Waals surface area contributed by atoms with E-state index >= 15 is 0 Å². The number of hydrogen-bond donors (Lipinski definition) is 1. The Morgan fingerprint density at radius 1 is 1.24 bits per heavy atom. The first kappa shape index (κ1) is 13.0. The molecule has 1 aromatic carbocycles. The first-order chi connectivity index (χ1) is 8.21. The molecule has 0 aromatic heterocycles. The van der Waals surface area contributed by atoms with Crippen molar-refractivity contribution in [2.24, 2.45) is 0 Å². The van der Waals surface area contributed by atoms with Crippen LogP contribution in [0.4, 0.5) is 0 Å². The van der Waals surface area contributed by atoms with Gasteiger partial charge in [0.1, 0.15) is 17.8 Å². The molecule has 0 bridgehead atoms. The molecule has 1 rings (SSSR count). The molecule has 92 valence electrons. The van der Waals surface area contributed by atoms with E-state index in [0.717, 1.165) is 6.29 Å². The van der Waals surface area contributed by atoms with Gasteiger partial charge in [0.2, 0.25) is 0 Å². The first-order valence-electron chi connectivity index (χ1n) is 5.16. The second-order valence-corrected chi connectivity index (χ2v) is 3.31. The maximum Gasteiger partial charge on any atom is 0.251 e. The summed E-state index contributed by atoms with van der Waals surface area (Å²) >= 11 is 0. The molecule has 0 aliphatic rings. The van der Waals surface area contributed by atoms with E-state index in [1.54, 1.807) is 18.2 Å². The van der Waals surface area contributed by atoms with Gasteiger partial charge in [-0.1, -0.05) is 0 Å². The highest BCUT2D eigenvalue weighted by molar-refractivity contribution is 5.95. The number of benzene rings is 1. The highest BCUT2D eigenvalue weighted by Crippen LogP contribution is 2.22. The molecule has 1 aromatic rings. The van der Waals surface area contributed by atoms with Gasteiger partial charge in [-0.05, 0) is 12.1 Å². The Morgan fingerprint density at radius 3 is 2.29 bits per heavy atom. The second kappa shape index (κ2) is 6.52. The topological polar surface area (TPSA) is 64.6 Å². The molecule has 0 radical (unpaired) electrons. The number of carbonyl (C=O) groups excluding carboxylic acids is 2. The minimum absolute atomic E-state index is 0.260. The van der Waals surface area contributed by atoms with Crippen LogP contribution in [0.1, 0.15) is 16.8 Å². The van der Waals surface area contributed by atoms with Crippen molar-refractivity contribution in [1.29, 1.82) is 0 Å². The van der Waals surface area contributed by atoms with Gasteiger partial charge in [-0.25, -0.2) is 0 Å². The van der Waals surface area contributed by atoms with E-state index in [9.17, 15) is 9.59 Å². The Balaban J connectivity index is 2.81. The lowest BCUT2D eigenvalue weighted by atomic mass is 10.2. The van der Waals surface area contributed by atoms with Gasteiger partial charge in [-0.15, -0.1) is 0 Å². The van der Waals surface area contributed by atoms with Crippen LogP contribution in [0.5, 0.6) is 11.5 Å². The molecule has 0 heterocycles. The second-order valence-electron chi connectivity index (χ2n) is 3.31. The number of ether oxygens (including phenoxy) is 2. The summed E-state index contributed by atoms with van der Waals surface area (Å²) in [5, 5.41) is 2.62. The van der Waals surface area contributed by atoms with Crippen LogP contribution in [0.15, 0.2) is 18.2 Å². The highest BCUT2D eigenvalue weighted by Gasteiger charge is 2.08. The Labute approximate surface area is 99.7 Å². The van der Waals surface area contributed by atoms with E-state index in [4.69, 9.17) is 9.47 Å². The number of carbonyl (C=O) groups is 2. The third-order valence-electron chi connectivity index (χ3n) is 2.16. The van der Waals surface area contributed by atoms with Crippen molar-refractivity contribution in [1.82, 2.24) is 5.32 Å². The predicted octanol–water partition coefficient (Wildman–Crippen LogP) is 1.02. The number of methoxy groups -OCH3 is 2. The maximum atomic E-state index is 11.7. The molecule has 0 atom stereocenters. The Hall–Kier alpha value is -2.04. The predicted molar refractivity (Wildman–Crippen MR) is 62.6 cm³/mol. The average Bonchev–Trinajstić information content (AvgIpc) is 2.38. The van der Waals surface area contributed by atoms with E-state index in [1.807, 2.05) is 0 Å². The van der Waals surface area contributed by atoms with Gasteiger partial charge in [0.25, 0.3) is 5.91 Å². The monoisotopic (exact) mass is 237 g/mol. The summed E-state index contributed by atoms with van der Waals surface area (Å²) in [5.41, 5.74) is 0.437. The van der Waals surface area contributed by atoms with Gasteiger partial charge in [0.05, 0.1) is 14.2 Å². The molecular formula is C12H15NO4. The van der Waals surface area contributed by atoms with Crippen LogP contribution in [-0.2, 0) is 4.79 Å². The van der Waals surface area contributed by atoms with Gasteiger partial charge in [-0.2, -0.15) is 0 Å². The van der Waals surface area contributed by atoms with E-state index in [1.165, 1.54) is 14.2 Å². The number of nitrogens with one attached hydrogen (secondary N) is 1. The molecule has 0 spiro atoms. The Bertz CT molecular complexity index is 381. The van der Waals surface area contributed by atoms with Gasteiger partial charge in [0.15, 0.2) is 0 Å². The minimum atomic E-state index is -0.260. The fraction of sp³-hybridized carbons (Fsp3) is 0.333. The summed E-state index contributed by atoms with van der Waals surface area (Å²) < 4.78 is 10.1. The Morgan fingerprint density at radius 2 is 1.82 bits per heavy atom. The molecule has 1 N–H and O–H groups in total. The van der Waals surface area contributed by atoms with E-state index in [0.29, 0.717) is 30.0 Å². The number of aldehydes is 1. The lowest BCUT2D eigenvalue weighted by Gasteiger charge is -2.08. The van der Waals surface area contributed by atoms with Gasteiger partial charge in [0, 0.05) is 24.6 Å². The largest absolute Gasteiger partial charge is 0.497 e. The fourth-order valence-corrected chi connectivity index (χ4v) is 1.29. The lowest BCUT2D eigenvalue weighted by Crippen LogP contribution is -2.24. The van der Waals surface area contributed by atoms with Crippen LogP contribution in [0, 0.1) is 0 Å². The summed E-state index contributed by atoms with van der Waals surface area (Å²) in [7, 11) is 3.03. The molecule has 0 saturated carbocycles. The van der Waals surface area contributed by atoms with Crippen molar-refractivity contribution < 1.29 is 19.1 Å². The van der Waals surface area contributed by atoms with Crippen molar-refractivity contribution in [2.45, 2.75) is 6.42 Å². The molecule has 0 fully saturated rings. The zero-order chi connectivity index (χ0) is 12.7. The first-order valence-corrected chi connectivity index (χ1v) is 5.16. The summed E-state index contributed by atoms with van der Waals surface area (Å²) in [4.78, 5) is 21.9. The van der Waals surface area contributed by atoms with Crippen LogP contribution in [0.25, 0.3) is 0 Å². The fourth-order valence-electron chi connectivity index (χ4n) is 1.29. The van der Waals surface area contributed by atoms with Crippen LogP contribution in [0.2, 0.25) is 0 Å². The smallest absolute Gasteiger partial charge is 0.251 e. The van der Waals surface area contributed by atoms with E-state index < -0.39 is 0 Å². The molecule has 0 aliphatic heterocycles. The summed E-state index contributed by atoms with van der Waals surface area (Å²) in [6.07, 6.45) is 1.05. The third-order valence-corrected chi connectivity index (χ3v) is 2.16. The summed E-state index contributed by atoms with van der Waals surface area (Å²) in [6.45, 7) is 0.321. The molecule has 17 heavy (non-hydrogen) atoms. The van der Waals surface area contributed by atoms with Crippen molar-refractivity contribution in [3.63, 3.8) is 0 Å². The van der Waals surface area contributed by atoms with Gasteiger partial charge in [-0.3, -0.25) is 4.79 Å². The van der Waals surface area contributed by atoms with Crippen molar-refractivity contribution in [3.8, 4) is 11.5 Å². The van der Waals surface area contributed by atoms with Crippen LogP contribution >= 0.6 is 0 Å². The van der Waals surface area contributed by atoms with Crippen molar-refractivity contribution in [3.05, 3.63) is 23.8 Å². The van der Waals surface area contributed by atoms with Crippen molar-refractivity contribution >= 4 is 12.2 Å². The lowest BCUT2D eigenvalue weighted by molar-refractivity contribution is -0.107. The van der Waals surface area contributed by atoms with Crippen molar-refractivity contribution in [2.75, 3.05) is 20.8 Å². The molecule has 5 nitrogen and oxygen atoms in total. The average molecular weight is 237 g/mol. The molecule has 0 unspecified atom stereocenters. The zero-order valence-corrected chi connectivity index (χ0v) is 9.86. The van der Waals surface area contributed by atoms with E-state index in [2.05, 4.69) is 5.32 Å². The molecule has 0 saturated heterocycles.